The zero-order valence-electron chi connectivity index (χ0n) is 10.2. The molecule has 7 heteroatoms. The molecule has 0 aliphatic carbocycles. The van der Waals surface area contributed by atoms with E-state index < -0.39 is 0 Å². The molecule has 0 aromatic rings. The summed E-state index contributed by atoms with van der Waals surface area (Å²) in [7, 11) is 1.91. The molecule has 0 radical (unpaired) electrons. The fourth-order valence-corrected chi connectivity index (χ4v) is 1.06. The molecule has 0 amide bonds. The smallest absolute Gasteiger partial charge is 1.00 e. The predicted octanol–water partition coefficient (Wildman–Crippen LogP) is -10.4. The van der Waals surface area contributed by atoms with Crippen molar-refractivity contribution in [1.82, 2.24) is 0 Å². The van der Waals surface area contributed by atoms with Crippen molar-refractivity contribution >= 4 is 0 Å². The highest BCUT2D eigenvalue weighted by Gasteiger charge is 2.18. The minimum atomic E-state index is 0. The van der Waals surface area contributed by atoms with Crippen LogP contribution in [0.2, 0.25) is 0 Å². The molecule has 0 rings (SSSR count). The Morgan fingerprint density at radius 3 is 1.14 bits per heavy atom. The van der Waals surface area contributed by atoms with E-state index in [0.29, 0.717) is 24.1 Å². The lowest BCUT2D eigenvalue weighted by atomic mass is 10.4. The van der Waals surface area contributed by atoms with Gasteiger partial charge >= 0.3 is 2.85 Å². The topological polar surface area (TPSA) is 60.7 Å². The van der Waals surface area contributed by atoms with Gasteiger partial charge in [-0.25, -0.2) is 0 Å². The molecule has 0 atom stereocenters. The van der Waals surface area contributed by atoms with Gasteiger partial charge in [0.15, 0.2) is 0 Å². The maximum atomic E-state index is 8.68. The van der Waals surface area contributed by atoms with Gasteiger partial charge < -0.3 is 33.9 Å². The molecule has 0 aliphatic heterocycles. The molecule has 0 saturated heterocycles. The zero-order chi connectivity index (χ0) is 8.74. The SMILES string of the molecule is C[N+](CCO)(CCO)CCO.[F-].[F-].[F-].[H+].[H+]. The van der Waals surface area contributed by atoms with Gasteiger partial charge in [0, 0.05) is 0 Å². The van der Waals surface area contributed by atoms with Gasteiger partial charge in [-0.1, -0.05) is 0 Å². The molecule has 3 N–H and O–H groups in total. The molecule has 0 unspecified atom stereocenters. The standard InChI is InChI=1S/C7H18NO3.3FH/c1-8(2-5-9,3-6-10)4-7-11;;;/h9-11H,2-7H2,1H3;3*1H/q+1;;;/p-1. The number of quaternary nitrogens is 1. The number of nitrogens with zero attached hydrogens (tertiary/aromatic N) is 1. The highest BCUT2D eigenvalue weighted by molar-refractivity contribution is 4.37. The Hall–Kier alpha value is -0.370. The lowest BCUT2D eigenvalue weighted by molar-refractivity contribution is -0.910. The van der Waals surface area contributed by atoms with Crippen molar-refractivity contribution in [2.75, 3.05) is 46.5 Å². The first kappa shape index (κ1) is 23.4. The molecule has 0 spiro atoms. The first-order chi connectivity index (χ1) is 5.18. The maximum Gasteiger partial charge on any atom is 1.00 e. The van der Waals surface area contributed by atoms with Crippen LogP contribution < -0.4 is 14.1 Å². The molecular weight excluding hydrogens is 203 g/mol. The Morgan fingerprint density at radius 1 is 0.786 bits per heavy atom. The van der Waals surface area contributed by atoms with E-state index in [-0.39, 0.29) is 36.8 Å². The number of rotatable bonds is 6. The molecule has 0 saturated carbocycles. The van der Waals surface area contributed by atoms with Gasteiger partial charge in [0.25, 0.3) is 0 Å². The molecule has 0 aromatic heterocycles. The summed E-state index contributed by atoms with van der Waals surface area (Å²) in [5, 5.41) is 26.0. The largest absolute Gasteiger partial charge is 1.00 e. The predicted molar refractivity (Wildman–Crippen MR) is 44.3 cm³/mol. The Bertz CT molecular complexity index is 99.9. The minimum Gasteiger partial charge on any atom is -1.00 e. The number of hydrogen-bond donors (Lipinski definition) is 3. The van der Waals surface area contributed by atoms with Crippen molar-refractivity contribution in [3.63, 3.8) is 0 Å². The molecule has 0 fully saturated rings. The van der Waals surface area contributed by atoms with Gasteiger partial charge in [0.05, 0.1) is 26.9 Å². The fraction of sp³-hybridized carbons (Fsp3) is 1.00. The van der Waals surface area contributed by atoms with E-state index in [9.17, 15) is 0 Å². The Morgan fingerprint density at radius 2 is 1.00 bits per heavy atom. The normalized spacial score (nSPS) is 9.43. The van der Waals surface area contributed by atoms with Crippen LogP contribution in [-0.2, 0) is 0 Å². The van der Waals surface area contributed by atoms with Crippen LogP contribution >= 0.6 is 0 Å². The van der Waals surface area contributed by atoms with Crippen molar-refractivity contribution in [3.8, 4) is 0 Å². The van der Waals surface area contributed by atoms with Crippen LogP contribution in [0, 0.1) is 0 Å². The van der Waals surface area contributed by atoms with E-state index in [1.165, 1.54) is 0 Å². The second kappa shape index (κ2) is 12.6. The van der Waals surface area contributed by atoms with Crippen LogP contribution in [0.1, 0.15) is 2.85 Å². The molecule has 0 aliphatic rings. The number of aliphatic hydroxyl groups excluding tert-OH is 3. The Balaban J connectivity index is -0.0000000500. The highest BCUT2D eigenvalue weighted by Crippen LogP contribution is 1.99. The van der Waals surface area contributed by atoms with E-state index in [1.807, 2.05) is 7.05 Å². The van der Waals surface area contributed by atoms with Crippen LogP contribution in [0.4, 0.5) is 0 Å². The summed E-state index contributed by atoms with van der Waals surface area (Å²) >= 11 is 0. The summed E-state index contributed by atoms with van der Waals surface area (Å²) in [6, 6.07) is 0. The van der Waals surface area contributed by atoms with Crippen molar-refractivity contribution in [2.24, 2.45) is 0 Å². The maximum absolute atomic E-state index is 8.68. The zero-order valence-corrected chi connectivity index (χ0v) is 8.17. The first-order valence-electron chi connectivity index (χ1n) is 3.84. The molecular formula is C7H20F3NO3. The van der Waals surface area contributed by atoms with Gasteiger partial charge in [-0.2, -0.15) is 0 Å². The van der Waals surface area contributed by atoms with Crippen LogP contribution in [0.3, 0.4) is 0 Å². The summed E-state index contributed by atoms with van der Waals surface area (Å²) in [4.78, 5) is 0. The Labute approximate surface area is 84.4 Å². The number of hydrogen-bond acceptors (Lipinski definition) is 3. The third-order valence-electron chi connectivity index (χ3n) is 1.92. The fourth-order valence-electron chi connectivity index (χ4n) is 1.06. The molecule has 14 heavy (non-hydrogen) atoms. The lowest BCUT2D eigenvalue weighted by Gasteiger charge is -2.32. The van der Waals surface area contributed by atoms with Crippen LogP contribution in [0.25, 0.3) is 0 Å². The van der Waals surface area contributed by atoms with E-state index in [1.54, 1.807) is 0 Å². The number of halogens is 3. The van der Waals surface area contributed by atoms with Gasteiger partial charge in [-0.3, -0.25) is 0 Å². The third kappa shape index (κ3) is 9.72. The quantitative estimate of drug-likeness (QED) is 0.392. The number of likely N-dealkylation sites (N-methyl/N-ethyl adjacent to an activating group) is 1. The van der Waals surface area contributed by atoms with Crippen molar-refractivity contribution < 1.29 is 36.8 Å². The average Bonchev–Trinajstić information content (AvgIpc) is 1.88. The lowest BCUT2D eigenvalue weighted by Crippen LogP contribution is -3.00. The van der Waals surface area contributed by atoms with Crippen LogP contribution in [0.15, 0.2) is 0 Å². The van der Waals surface area contributed by atoms with Crippen molar-refractivity contribution in [1.29, 1.82) is 0 Å². The van der Waals surface area contributed by atoms with Crippen molar-refractivity contribution in [2.45, 2.75) is 0 Å². The highest BCUT2D eigenvalue weighted by atomic mass is 19.0. The Kier molecular flexibility index (Phi) is 21.2. The van der Waals surface area contributed by atoms with Crippen LogP contribution in [-0.4, -0.2) is 66.3 Å². The summed E-state index contributed by atoms with van der Waals surface area (Å²) in [5.41, 5.74) is 0. The second-order valence-corrected chi connectivity index (χ2v) is 2.96. The van der Waals surface area contributed by atoms with Gasteiger partial charge in [0.2, 0.25) is 0 Å². The molecule has 92 valence electrons. The summed E-state index contributed by atoms with van der Waals surface area (Å²) in [5.74, 6) is 0. The second-order valence-electron chi connectivity index (χ2n) is 2.96. The monoisotopic (exact) mass is 223 g/mol. The van der Waals surface area contributed by atoms with E-state index >= 15 is 0 Å². The minimum absolute atomic E-state index is 0. The first-order valence-corrected chi connectivity index (χ1v) is 3.84. The van der Waals surface area contributed by atoms with E-state index in [0.717, 1.165) is 0 Å². The van der Waals surface area contributed by atoms with Crippen molar-refractivity contribution in [3.05, 3.63) is 0 Å². The van der Waals surface area contributed by atoms with E-state index in [2.05, 4.69) is 0 Å². The van der Waals surface area contributed by atoms with Crippen LogP contribution in [0.5, 0.6) is 0 Å². The average molecular weight is 223 g/mol. The van der Waals surface area contributed by atoms with Gasteiger partial charge in [-0.15, -0.1) is 0 Å². The van der Waals surface area contributed by atoms with Gasteiger partial charge in [-0.05, 0) is 0 Å². The van der Waals surface area contributed by atoms with E-state index in [4.69, 9.17) is 15.3 Å². The third-order valence-corrected chi connectivity index (χ3v) is 1.92. The molecule has 0 heterocycles. The van der Waals surface area contributed by atoms with Gasteiger partial charge in [0.1, 0.15) is 19.6 Å². The molecule has 0 bridgehead atoms. The summed E-state index contributed by atoms with van der Waals surface area (Å²) < 4.78 is 0.531. The summed E-state index contributed by atoms with van der Waals surface area (Å²) in [6.45, 7) is 2.03. The molecule has 0 aromatic carbocycles. The molecule has 4 nitrogen and oxygen atoms in total. The number of aliphatic hydroxyl groups is 3. The summed E-state index contributed by atoms with van der Waals surface area (Å²) in [6.07, 6.45) is 0.